The van der Waals surface area contributed by atoms with Crippen molar-refractivity contribution in [3.05, 3.63) is 34.9 Å². The summed E-state index contributed by atoms with van der Waals surface area (Å²) in [6.07, 6.45) is 1.01. The van der Waals surface area contributed by atoms with Crippen LogP contribution in [-0.2, 0) is 16.1 Å². The molecule has 0 aliphatic heterocycles. The molecule has 0 aliphatic rings. The molecule has 0 aliphatic carbocycles. The Balaban J connectivity index is 1.95. The van der Waals surface area contributed by atoms with Crippen LogP contribution in [0.4, 0.5) is 0 Å². The summed E-state index contributed by atoms with van der Waals surface area (Å²) >= 11 is 5.80. The highest BCUT2D eigenvalue weighted by molar-refractivity contribution is 6.30. The lowest BCUT2D eigenvalue weighted by Crippen LogP contribution is -2.21. The molecule has 0 aromatic heterocycles. The molecule has 3 nitrogen and oxygen atoms in total. The first kappa shape index (κ1) is 14.5. The summed E-state index contributed by atoms with van der Waals surface area (Å²) in [5.74, 6) is 0. The molecule has 1 aromatic rings. The second-order valence-electron chi connectivity index (χ2n) is 3.78. The lowest BCUT2D eigenvalue weighted by atomic mass is 10.2. The zero-order chi connectivity index (χ0) is 12.3. The van der Waals surface area contributed by atoms with Gasteiger partial charge >= 0.3 is 0 Å². The Hall–Kier alpha value is -0.610. The van der Waals surface area contributed by atoms with Crippen LogP contribution in [-0.4, -0.2) is 33.4 Å². The van der Waals surface area contributed by atoms with Crippen molar-refractivity contribution in [2.45, 2.75) is 13.0 Å². The average Bonchev–Trinajstić information content (AvgIpc) is 2.35. The van der Waals surface area contributed by atoms with Gasteiger partial charge in [0.2, 0.25) is 0 Å². The minimum atomic E-state index is 0.648. The molecule has 0 fully saturated rings. The van der Waals surface area contributed by atoms with Gasteiger partial charge in [-0.3, -0.25) is 0 Å². The minimum absolute atomic E-state index is 0.648. The van der Waals surface area contributed by atoms with Gasteiger partial charge in [-0.05, 0) is 30.7 Å². The number of nitrogens with one attached hydrogen (secondary N) is 1. The van der Waals surface area contributed by atoms with Gasteiger partial charge in [0, 0.05) is 25.3 Å². The van der Waals surface area contributed by atoms with Crippen molar-refractivity contribution in [2.75, 3.05) is 33.4 Å². The van der Waals surface area contributed by atoms with Gasteiger partial charge in [0.05, 0.1) is 13.2 Å². The maximum Gasteiger partial charge on any atom is 0.0716 e. The van der Waals surface area contributed by atoms with Crippen LogP contribution >= 0.6 is 11.6 Å². The minimum Gasteiger partial charge on any atom is -0.383 e. The number of halogens is 1. The number of methoxy groups -OCH3 is 1. The Morgan fingerprint density at radius 2 is 1.88 bits per heavy atom. The van der Waals surface area contributed by atoms with Crippen LogP contribution in [0.3, 0.4) is 0 Å². The molecule has 0 saturated heterocycles. The van der Waals surface area contributed by atoms with Gasteiger partial charge < -0.3 is 14.8 Å². The number of rotatable bonds is 9. The molecule has 1 rings (SSSR count). The fourth-order valence-corrected chi connectivity index (χ4v) is 1.50. The van der Waals surface area contributed by atoms with Crippen molar-refractivity contribution in [1.29, 1.82) is 0 Å². The van der Waals surface area contributed by atoms with E-state index >= 15 is 0 Å². The Morgan fingerprint density at radius 3 is 2.59 bits per heavy atom. The van der Waals surface area contributed by atoms with Crippen molar-refractivity contribution < 1.29 is 9.47 Å². The van der Waals surface area contributed by atoms with Gasteiger partial charge in [-0.1, -0.05) is 23.7 Å². The van der Waals surface area contributed by atoms with Gasteiger partial charge in [-0.2, -0.15) is 0 Å². The Bertz CT molecular complexity index is 290. The number of ether oxygens (including phenoxy) is 2. The van der Waals surface area contributed by atoms with Crippen molar-refractivity contribution in [3.8, 4) is 0 Å². The molecular formula is C13H20ClNO2. The fraction of sp³-hybridized carbons (Fsp3) is 0.538. The summed E-state index contributed by atoms with van der Waals surface area (Å²) in [5.41, 5.74) is 1.15. The molecule has 1 aromatic carbocycles. The van der Waals surface area contributed by atoms with E-state index < -0.39 is 0 Å². The van der Waals surface area contributed by atoms with E-state index in [-0.39, 0.29) is 0 Å². The van der Waals surface area contributed by atoms with Gasteiger partial charge in [-0.25, -0.2) is 0 Å². The Labute approximate surface area is 108 Å². The molecule has 0 unspecified atom stereocenters. The van der Waals surface area contributed by atoms with E-state index in [0.29, 0.717) is 6.61 Å². The number of hydrogen-bond acceptors (Lipinski definition) is 3. The van der Waals surface area contributed by atoms with Crippen LogP contribution in [0.2, 0.25) is 5.02 Å². The molecule has 0 saturated carbocycles. The summed E-state index contributed by atoms with van der Waals surface area (Å²) in [5, 5.41) is 4.03. The summed E-state index contributed by atoms with van der Waals surface area (Å²) in [6, 6.07) is 7.73. The van der Waals surface area contributed by atoms with Crippen molar-refractivity contribution >= 4 is 11.6 Å². The Kier molecular flexibility index (Phi) is 8.01. The van der Waals surface area contributed by atoms with Crippen molar-refractivity contribution in [1.82, 2.24) is 5.32 Å². The maximum atomic E-state index is 5.80. The molecule has 96 valence electrons. The molecule has 0 spiro atoms. The van der Waals surface area contributed by atoms with Crippen molar-refractivity contribution in [2.24, 2.45) is 0 Å². The van der Waals surface area contributed by atoms with Crippen molar-refractivity contribution in [3.63, 3.8) is 0 Å². The van der Waals surface area contributed by atoms with Gasteiger partial charge in [0.15, 0.2) is 0 Å². The highest BCUT2D eigenvalue weighted by atomic mass is 35.5. The van der Waals surface area contributed by atoms with E-state index in [4.69, 9.17) is 21.1 Å². The predicted molar refractivity (Wildman–Crippen MR) is 70.5 cm³/mol. The molecule has 0 heterocycles. The van der Waals surface area contributed by atoms with Crippen LogP contribution in [0.15, 0.2) is 24.3 Å². The van der Waals surface area contributed by atoms with E-state index in [0.717, 1.165) is 43.3 Å². The zero-order valence-corrected chi connectivity index (χ0v) is 11.0. The zero-order valence-electron chi connectivity index (χ0n) is 10.2. The van der Waals surface area contributed by atoms with E-state index in [1.54, 1.807) is 7.11 Å². The van der Waals surface area contributed by atoms with Crippen LogP contribution in [0.25, 0.3) is 0 Å². The van der Waals surface area contributed by atoms with Crippen LogP contribution < -0.4 is 5.32 Å². The summed E-state index contributed by atoms with van der Waals surface area (Å²) < 4.78 is 10.5. The molecule has 4 heteroatoms. The average molecular weight is 258 g/mol. The normalized spacial score (nSPS) is 10.7. The van der Waals surface area contributed by atoms with Gasteiger partial charge in [0.25, 0.3) is 0 Å². The first-order chi connectivity index (χ1) is 8.33. The first-order valence-electron chi connectivity index (χ1n) is 5.85. The summed E-state index contributed by atoms with van der Waals surface area (Å²) in [4.78, 5) is 0. The molecule has 17 heavy (non-hydrogen) atoms. The van der Waals surface area contributed by atoms with Crippen LogP contribution in [0.5, 0.6) is 0 Å². The number of benzene rings is 1. The van der Waals surface area contributed by atoms with Gasteiger partial charge in [-0.15, -0.1) is 0 Å². The highest BCUT2D eigenvalue weighted by Gasteiger charge is 1.94. The molecule has 0 atom stereocenters. The molecule has 0 amide bonds. The second-order valence-corrected chi connectivity index (χ2v) is 4.21. The first-order valence-corrected chi connectivity index (χ1v) is 6.22. The van der Waals surface area contributed by atoms with Gasteiger partial charge in [0.1, 0.15) is 0 Å². The lowest BCUT2D eigenvalue weighted by Gasteiger charge is -2.06. The number of hydrogen-bond donors (Lipinski definition) is 1. The molecule has 1 N–H and O–H groups in total. The topological polar surface area (TPSA) is 30.5 Å². The smallest absolute Gasteiger partial charge is 0.0716 e. The van der Waals surface area contributed by atoms with E-state index in [1.165, 1.54) is 0 Å². The summed E-state index contributed by atoms with van der Waals surface area (Å²) in [7, 11) is 1.71. The maximum absolute atomic E-state index is 5.80. The third-order valence-electron chi connectivity index (χ3n) is 2.31. The molecule has 0 radical (unpaired) electrons. The molecular weight excluding hydrogens is 238 g/mol. The highest BCUT2D eigenvalue weighted by Crippen LogP contribution is 2.10. The Morgan fingerprint density at radius 1 is 1.12 bits per heavy atom. The van der Waals surface area contributed by atoms with E-state index in [1.807, 2.05) is 24.3 Å². The predicted octanol–water partition coefficient (Wildman–Crippen LogP) is 2.48. The lowest BCUT2D eigenvalue weighted by molar-refractivity contribution is 0.117. The SMILES string of the molecule is COCCNCCCOCc1ccc(Cl)cc1. The largest absolute Gasteiger partial charge is 0.383 e. The van der Waals surface area contributed by atoms with Crippen LogP contribution in [0.1, 0.15) is 12.0 Å². The summed E-state index contributed by atoms with van der Waals surface area (Å²) in [6.45, 7) is 4.03. The quantitative estimate of drug-likeness (QED) is 0.690. The van der Waals surface area contributed by atoms with Crippen LogP contribution in [0, 0.1) is 0 Å². The fourth-order valence-electron chi connectivity index (χ4n) is 1.37. The monoisotopic (exact) mass is 257 g/mol. The second kappa shape index (κ2) is 9.42. The standard InChI is InChI=1S/C13H20ClNO2/c1-16-10-8-15-7-2-9-17-11-12-3-5-13(14)6-4-12/h3-6,15H,2,7-11H2,1H3. The third kappa shape index (κ3) is 7.34. The third-order valence-corrected chi connectivity index (χ3v) is 2.56. The molecule has 0 bridgehead atoms. The van der Waals surface area contributed by atoms with E-state index in [9.17, 15) is 0 Å². The van der Waals surface area contributed by atoms with E-state index in [2.05, 4.69) is 5.32 Å².